The summed E-state index contributed by atoms with van der Waals surface area (Å²) in [5.74, 6) is 0.821. The van der Waals surface area contributed by atoms with E-state index in [2.05, 4.69) is 33.3 Å². The SMILES string of the molecule is O=C(Cc1ccc(-c2cn[nH]c2)cc1SCCN1CCCC1)C1COc2c(F)cccc2C1. The quantitative estimate of drug-likeness (QED) is 0.486. The van der Waals surface area contributed by atoms with Crippen LogP contribution in [0.5, 0.6) is 5.75 Å². The highest BCUT2D eigenvalue weighted by Gasteiger charge is 2.28. The van der Waals surface area contributed by atoms with E-state index in [0.29, 0.717) is 18.6 Å². The zero-order chi connectivity index (χ0) is 22.6. The summed E-state index contributed by atoms with van der Waals surface area (Å²) in [7, 11) is 0. The number of nitrogens with zero attached hydrogens (tertiary/aromatic N) is 2. The second kappa shape index (κ2) is 10.1. The molecule has 3 aromatic rings. The summed E-state index contributed by atoms with van der Waals surface area (Å²) in [4.78, 5) is 16.9. The second-order valence-corrected chi connectivity index (χ2v) is 9.93. The number of H-pyrrole nitrogens is 1. The van der Waals surface area contributed by atoms with Crippen molar-refractivity contribution in [1.82, 2.24) is 15.1 Å². The van der Waals surface area contributed by atoms with E-state index in [-0.39, 0.29) is 24.1 Å². The lowest BCUT2D eigenvalue weighted by atomic mass is 9.90. The first kappa shape index (κ1) is 22.2. The lowest BCUT2D eigenvalue weighted by Crippen LogP contribution is -2.30. The Hall–Kier alpha value is -2.64. The minimum Gasteiger partial charge on any atom is -0.489 e. The molecule has 1 saturated heterocycles. The zero-order valence-electron chi connectivity index (χ0n) is 18.6. The summed E-state index contributed by atoms with van der Waals surface area (Å²) < 4.78 is 19.6. The van der Waals surface area contributed by atoms with Crippen LogP contribution in [-0.2, 0) is 17.6 Å². The number of nitrogens with one attached hydrogen (secondary N) is 1. The van der Waals surface area contributed by atoms with Crippen LogP contribution in [0, 0.1) is 11.7 Å². The van der Waals surface area contributed by atoms with E-state index in [1.54, 1.807) is 6.07 Å². The van der Waals surface area contributed by atoms with Crippen LogP contribution in [0.25, 0.3) is 11.1 Å². The van der Waals surface area contributed by atoms with Gasteiger partial charge in [-0.05, 0) is 61.2 Å². The standard InChI is InChI=1S/C26H28FN3O2S/c27-23-5-3-4-20-12-21(17-32-26(20)23)24(31)13-19-7-6-18(22-15-28-29-16-22)14-25(19)33-11-10-30-8-1-2-9-30/h3-7,14-16,21H,1-2,8-13,17H2,(H,28,29). The number of para-hydroxylation sites is 1. The number of carbonyl (C=O) groups is 1. The largest absolute Gasteiger partial charge is 0.489 e. The molecule has 7 heteroatoms. The Morgan fingerprint density at radius 3 is 2.91 bits per heavy atom. The summed E-state index contributed by atoms with van der Waals surface area (Å²) in [5.41, 5.74) is 3.95. The van der Waals surface area contributed by atoms with Crippen molar-refractivity contribution >= 4 is 17.5 Å². The van der Waals surface area contributed by atoms with Crippen LogP contribution in [0.2, 0.25) is 0 Å². The Morgan fingerprint density at radius 1 is 1.21 bits per heavy atom. The van der Waals surface area contributed by atoms with Gasteiger partial charge in [0.05, 0.1) is 18.7 Å². The number of ether oxygens (including phenoxy) is 1. The average molecular weight is 466 g/mol. The number of benzene rings is 2. The van der Waals surface area contributed by atoms with Crippen LogP contribution in [-0.4, -0.2) is 52.9 Å². The number of carbonyl (C=O) groups excluding carboxylic acids is 1. The molecule has 172 valence electrons. The minimum atomic E-state index is -0.357. The number of ketones is 1. The van der Waals surface area contributed by atoms with Crippen molar-refractivity contribution in [2.24, 2.45) is 5.92 Å². The number of aromatic nitrogens is 2. The van der Waals surface area contributed by atoms with E-state index < -0.39 is 0 Å². The second-order valence-electron chi connectivity index (χ2n) is 8.79. The fraction of sp³-hybridized carbons (Fsp3) is 0.385. The number of hydrogen-bond donors (Lipinski definition) is 1. The van der Waals surface area contributed by atoms with Gasteiger partial charge >= 0.3 is 0 Å². The highest BCUT2D eigenvalue weighted by molar-refractivity contribution is 7.99. The van der Waals surface area contributed by atoms with Crippen molar-refractivity contribution in [3.8, 4) is 16.9 Å². The molecule has 2 aromatic carbocycles. The number of thioether (sulfide) groups is 1. The fourth-order valence-electron chi connectivity index (χ4n) is 4.64. The normalized spacial score (nSPS) is 18.2. The van der Waals surface area contributed by atoms with Crippen LogP contribution in [0.15, 0.2) is 53.7 Å². The van der Waals surface area contributed by atoms with Gasteiger partial charge in [0.1, 0.15) is 5.78 Å². The monoisotopic (exact) mass is 465 g/mol. The maximum Gasteiger partial charge on any atom is 0.165 e. The lowest BCUT2D eigenvalue weighted by molar-refractivity contribution is -0.123. The molecule has 1 N–H and O–H groups in total. The van der Waals surface area contributed by atoms with Crippen LogP contribution >= 0.6 is 11.8 Å². The number of likely N-dealkylation sites (tertiary alicyclic amines) is 1. The predicted octanol–water partition coefficient (Wildman–Crippen LogP) is 4.77. The molecule has 0 aliphatic carbocycles. The van der Waals surface area contributed by atoms with Crippen LogP contribution in [0.1, 0.15) is 24.0 Å². The molecular weight excluding hydrogens is 437 g/mol. The number of fused-ring (bicyclic) bond motifs is 1. The van der Waals surface area contributed by atoms with Gasteiger partial charge in [-0.2, -0.15) is 5.10 Å². The van der Waals surface area contributed by atoms with Gasteiger partial charge in [0.25, 0.3) is 0 Å². The van der Waals surface area contributed by atoms with E-state index in [4.69, 9.17) is 4.74 Å². The van der Waals surface area contributed by atoms with Gasteiger partial charge in [0, 0.05) is 35.4 Å². The first-order valence-corrected chi connectivity index (χ1v) is 12.6. The summed E-state index contributed by atoms with van der Waals surface area (Å²) in [6.45, 7) is 3.67. The summed E-state index contributed by atoms with van der Waals surface area (Å²) >= 11 is 1.82. The van der Waals surface area contributed by atoms with Crippen LogP contribution in [0.3, 0.4) is 0 Å². The van der Waals surface area contributed by atoms with E-state index in [0.717, 1.165) is 39.4 Å². The molecule has 0 bridgehead atoms. The molecule has 0 amide bonds. The molecule has 1 fully saturated rings. The Kier molecular flexibility index (Phi) is 6.78. The van der Waals surface area contributed by atoms with E-state index in [1.165, 1.54) is 32.0 Å². The first-order chi connectivity index (χ1) is 16.2. The maximum absolute atomic E-state index is 14.0. The highest BCUT2D eigenvalue weighted by Crippen LogP contribution is 2.33. The highest BCUT2D eigenvalue weighted by atomic mass is 32.2. The number of Topliss-reactive ketones (excluding diaryl/α,β-unsaturated/α-hetero) is 1. The van der Waals surface area contributed by atoms with Crippen molar-refractivity contribution in [2.45, 2.75) is 30.6 Å². The van der Waals surface area contributed by atoms with E-state index in [9.17, 15) is 9.18 Å². The Balaban J connectivity index is 1.31. The molecule has 0 spiro atoms. The smallest absolute Gasteiger partial charge is 0.165 e. The van der Waals surface area contributed by atoms with Crippen molar-refractivity contribution < 1.29 is 13.9 Å². The Labute approximate surface area is 197 Å². The van der Waals surface area contributed by atoms with Gasteiger partial charge in [-0.1, -0.05) is 24.3 Å². The molecule has 3 heterocycles. The molecule has 1 aromatic heterocycles. The van der Waals surface area contributed by atoms with Crippen LogP contribution in [0.4, 0.5) is 4.39 Å². The molecule has 0 saturated carbocycles. The first-order valence-electron chi connectivity index (χ1n) is 11.6. The van der Waals surface area contributed by atoms with Gasteiger partial charge in [-0.25, -0.2) is 4.39 Å². The fourth-order valence-corrected chi connectivity index (χ4v) is 5.74. The number of aromatic amines is 1. The lowest BCUT2D eigenvalue weighted by Gasteiger charge is -2.25. The van der Waals surface area contributed by atoms with Crippen molar-refractivity contribution in [2.75, 3.05) is 32.0 Å². The van der Waals surface area contributed by atoms with Gasteiger partial charge in [0.15, 0.2) is 11.6 Å². The van der Waals surface area contributed by atoms with Gasteiger partial charge in [-0.3, -0.25) is 9.89 Å². The maximum atomic E-state index is 14.0. The molecule has 1 unspecified atom stereocenters. The third-order valence-corrected chi connectivity index (χ3v) is 7.60. The molecule has 5 rings (SSSR count). The van der Waals surface area contributed by atoms with Crippen molar-refractivity contribution in [3.05, 3.63) is 65.7 Å². The van der Waals surface area contributed by atoms with Crippen molar-refractivity contribution in [3.63, 3.8) is 0 Å². The summed E-state index contributed by atoms with van der Waals surface area (Å²) in [6.07, 6.45) is 7.16. The topological polar surface area (TPSA) is 58.2 Å². The molecule has 0 radical (unpaired) electrons. The molecular formula is C26H28FN3O2S. The van der Waals surface area contributed by atoms with Gasteiger partial charge in [-0.15, -0.1) is 11.8 Å². The predicted molar refractivity (Wildman–Crippen MR) is 128 cm³/mol. The molecule has 5 nitrogen and oxygen atoms in total. The molecule has 1 atom stereocenters. The summed E-state index contributed by atoms with van der Waals surface area (Å²) in [6, 6.07) is 11.2. The molecule has 33 heavy (non-hydrogen) atoms. The van der Waals surface area contributed by atoms with Crippen molar-refractivity contribution in [1.29, 1.82) is 0 Å². The average Bonchev–Trinajstić information content (AvgIpc) is 3.55. The zero-order valence-corrected chi connectivity index (χ0v) is 19.4. The van der Waals surface area contributed by atoms with Gasteiger partial charge < -0.3 is 9.64 Å². The number of rotatable bonds is 8. The molecule has 2 aliphatic heterocycles. The van der Waals surface area contributed by atoms with Crippen LogP contribution < -0.4 is 4.74 Å². The van der Waals surface area contributed by atoms with Gasteiger partial charge in [0.2, 0.25) is 0 Å². The third kappa shape index (κ3) is 5.14. The Bertz CT molecular complexity index is 1110. The number of hydrogen-bond acceptors (Lipinski definition) is 5. The molecule has 2 aliphatic rings. The Morgan fingerprint density at radius 2 is 2.09 bits per heavy atom. The minimum absolute atomic E-state index is 0.141. The summed E-state index contributed by atoms with van der Waals surface area (Å²) in [5, 5.41) is 6.94. The van der Waals surface area contributed by atoms with E-state index in [1.807, 2.05) is 30.2 Å². The van der Waals surface area contributed by atoms with E-state index >= 15 is 0 Å². The number of halogens is 1. The third-order valence-electron chi connectivity index (χ3n) is 6.53.